The van der Waals surface area contributed by atoms with Crippen LogP contribution in [0.5, 0.6) is 0 Å². The lowest BCUT2D eigenvalue weighted by Crippen LogP contribution is -2.19. The molecule has 5 heteroatoms. The molecule has 0 saturated heterocycles. The lowest BCUT2D eigenvalue weighted by Gasteiger charge is -2.06. The molecule has 0 N–H and O–H groups in total. The van der Waals surface area contributed by atoms with Crippen LogP contribution in [0.1, 0.15) is 12.5 Å². The van der Waals surface area contributed by atoms with E-state index in [1.807, 2.05) is 0 Å². The molecule has 16 heavy (non-hydrogen) atoms. The van der Waals surface area contributed by atoms with Crippen LogP contribution in [-0.4, -0.2) is 25.4 Å². The summed E-state index contributed by atoms with van der Waals surface area (Å²) in [5, 5.41) is 4.05. The number of nitrogens with zero attached hydrogens (tertiary/aromatic N) is 1. The van der Waals surface area contributed by atoms with Gasteiger partial charge in [-0.1, -0.05) is 35.0 Å². The topological polar surface area (TPSA) is 47.9 Å². The third-order valence-electron chi connectivity index (χ3n) is 1.78. The Morgan fingerprint density at radius 1 is 1.44 bits per heavy atom. The highest BCUT2D eigenvalue weighted by molar-refractivity contribution is 6.47. The Morgan fingerprint density at radius 2 is 2.12 bits per heavy atom. The standard InChI is InChI=1S/C11H12ClNO3/c1-3-16-11(14)10(13-15-2)8-6-4-5-7-9(8)12/h4-7H,3H2,1-2H3. The van der Waals surface area contributed by atoms with Gasteiger partial charge in [0.1, 0.15) is 7.11 Å². The van der Waals surface area contributed by atoms with Gasteiger partial charge in [-0.05, 0) is 13.0 Å². The number of ether oxygens (including phenoxy) is 1. The number of hydrogen-bond acceptors (Lipinski definition) is 4. The molecule has 0 bridgehead atoms. The minimum Gasteiger partial charge on any atom is -0.461 e. The number of carbonyl (C=O) groups is 1. The summed E-state index contributed by atoms with van der Waals surface area (Å²) in [7, 11) is 1.36. The van der Waals surface area contributed by atoms with Gasteiger partial charge in [0.05, 0.1) is 11.6 Å². The van der Waals surface area contributed by atoms with Crippen molar-refractivity contribution in [3.8, 4) is 0 Å². The first kappa shape index (κ1) is 12.5. The molecular formula is C11H12ClNO3. The molecule has 0 aliphatic rings. The van der Waals surface area contributed by atoms with Crippen molar-refractivity contribution in [2.75, 3.05) is 13.7 Å². The minimum atomic E-state index is -0.558. The summed E-state index contributed by atoms with van der Waals surface area (Å²) in [5.74, 6) is -0.558. The van der Waals surface area contributed by atoms with Gasteiger partial charge < -0.3 is 9.57 Å². The normalized spacial score (nSPS) is 11.1. The van der Waals surface area contributed by atoms with E-state index >= 15 is 0 Å². The van der Waals surface area contributed by atoms with E-state index in [9.17, 15) is 4.79 Å². The molecule has 0 saturated carbocycles. The molecule has 1 rings (SSSR count). The number of halogens is 1. The van der Waals surface area contributed by atoms with E-state index < -0.39 is 5.97 Å². The molecule has 0 fully saturated rings. The molecule has 0 heterocycles. The summed E-state index contributed by atoms with van der Waals surface area (Å²) in [6, 6.07) is 6.87. The summed E-state index contributed by atoms with van der Waals surface area (Å²) < 4.78 is 4.86. The molecule has 0 amide bonds. The highest BCUT2D eigenvalue weighted by Crippen LogP contribution is 2.16. The predicted molar refractivity (Wildman–Crippen MR) is 61.6 cm³/mol. The van der Waals surface area contributed by atoms with Crippen molar-refractivity contribution in [1.29, 1.82) is 0 Å². The minimum absolute atomic E-state index is 0.0648. The van der Waals surface area contributed by atoms with Crippen LogP contribution in [-0.2, 0) is 14.4 Å². The second-order valence-corrected chi connectivity index (χ2v) is 3.23. The van der Waals surface area contributed by atoms with Crippen LogP contribution < -0.4 is 0 Å². The third kappa shape index (κ3) is 2.97. The third-order valence-corrected chi connectivity index (χ3v) is 2.11. The first-order valence-electron chi connectivity index (χ1n) is 4.73. The highest BCUT2D eigenvalue weighted by atomic mass is 35.5. The second kappa shape index (κ2) is 6.12. The average molecular weight is 242 g/mol. The Kier molecular flexibility index (Phi) is 4.79. The Labute approximate surface area is 98.8 Å². The summed E-state index contributed by atoms with van der Waals surface area (Å²) in [4.78, 5) is 16.2. The highest BCUT2D eigenvalue weighted by Gasteiger charge is 2.18. The van der Waals surface area contributed by atoms with Crippen LogP contribution in [0.3, 0.4) is 0 Å². The van der Waals surface area contributed by atoms with E-state index in [0.717, 1.165) is 0 Å². The summed E-state index contributed by atoms with van der Waals surface area (Å²) >= 11 is 5.95. The lowest BCUT2D eigenvalue weighted by atomic mass is 10.1. The molecule has 1 aromatic carbocycles. The van der Waals surface area contributed by atoms with Crippen molar-refractivity contribution >= 4 is 23.3 Å². The van der Waals surface area contributed by atoms with Gasteiger partial charge in [0.2, 0.25) is 0 Å². The zero-order chi connectivity index (χ0) is 12.0. The predicted octanol–water partition coefficient (Wildman–Crippen LogP) is 2.25. The van der Waals surface area contributed by atoms with Crippen molar-refractivity contribution in [3.05, 3.63) is 34.9 Å². The summed E-state index contributed by atoms with van der Waals surface area (Å²) in [6.07, 6.45) is 0. The van der Waals surface area contributed by atoms with E-state index in [4.69, 9.17) is 16.3 Å². The van der Waals surface area contributed by atoms with Gasteiger partial charge in [-0.15, -0.1) is 0 Å². The van der Waals surface area contributed by atoms with E-state index in [1.54, 1.807) is 31.2 Å². The zero-order valence-corrected chi connectivity index (χ0v) is 9.82. The Morgan fingerprint density at radius 3 is 2.69 bits per heavy atom. The van der Waals surface area contributed by atoms with Crippen LogP contribution in [0.15, 0.2) is 29.4 Å². The Bertz CT molecular complexity index is 404. The van der Waals surface area contributed by atoms with E-state index in [0.29, 0.717) is 10.6 Å². The lowest BCUT2D eigenvalue weighted by molar-refractivity contribution is -0.135. The number of oxime groups is 1. The zero-order valence-electron chi connectivity index (χ0n) is 9.07. The SMILES string of the molecule is CCOC(=O)C(=NOC)c1ccccc1Cl. The molecule has 0 radical (unpaired) electrons. The second-order valence-electron chi connectivity index (χ2n) is 2.82. The maximum atomic E-state index is 11.6. The molecular weight excluding hydrogens is 230 g/mol. The molecule has 0 atom stereocenters. The fourth-order valence-corrected chi connectivity index (χ4v) is 1.37. The molecule has 0 unspecified atom stereocenters. The quantitative estimate of drug-likeness (QED) is 0.462. The Hall–Kier alpha value is -1.55. The van der Waals surface area contributed by atoms with Gasteiger partial charge in [0.25, 0.3) is 0 Å². The van der Waals surface area contributed by atoms with Crippen LogP contribution in [0.4, 0.5) is 0 Å². The van der Waals surface area contributed by atoms with Crippen LogP contribution in [0.2, 0.25) is 5.02 Å². The van der Waals surface area contributed by atoms with Crippen molar-refractivity contribution in [2.24, 2.45) is 5.16 Å². The van der Waals surface area contributed by atoms with Crippen LogP contribution in [0, 0.1) is 0 Å². The molecule has 0 spiro atoms. The number of hydrogen-bond donors (Lipinski definition) is 0. The molecule has 86 valence electrons. The number of carbonyl (C=O) groups excluding carboxylic acids is 1. The molecule has 0 aliphatic carbocycles. The molecule has 1 aromatic rings. The van der Waals surface area contributed by atoms with Crippen molar-refractivity contribution in [2.45, 2.75) is 6.92 Å². The van der Waals surface area contributed by atoms with E-state index in [2.05, 4.69) is 9.99 Å². The van der Waals surface area contributed by atoms with Crippen LogP contribution >= 0.6 is 11.6 Å². The van der Waals surface area contributed by atoms with Crippen LogP contribution in [0.25, 0.3) is 0 Å². The van der Waals surface area contributed by atoms with Crippen molar-refractivity contribution in [1.82, 2.24) is 0 Å². The van der Waals surface area contributed by atoms with Gasteiger partial charge in [0, 0.05) is 5.56 Å². The smallest absolute Gasteiger partial charge is 0.361 e. The fourth-order valence-electron chi connectivity index (χ4n) is 1.14. The monoisotopic (exact) mass is 241 g/mol. The van der Waals surface area contributed by atoms with E-state index in [1.165, 1.54) is 7.11 Å². The van der Waals surface area contributed by atoms with Gasteiger partial charge >= 0.3 is 5.97 Å². The number of esters is 1. The molecule has 0 aromatic heterocycles. The van der Waals surface area contributed by atoms with Crippen molar-refractivity contribution < 1.29 is 14.4 Å². The van der Waals surface area contributed by atoms with E-state index in [-0.39, 0.29) is 12.3 Å². The molecule has 4 nitrogen and oxygen atoms in total. The number of benzene rings is 1. The first-order valence-corrected chi connectivity index (χ1v) is 5.11. The maximum Gasteiger partial charge on any atom is 0.361 e. The first-order chi connectivity index (χ1) is 7.70. The molecule has 0 aliphatic heterocycles. The summed E-state index contributed by atoms with van der Waals surface area (Å²) in [5.41, 5.74) is 0.555. The summed E-state index contributed by atoms with van der Waals surface area (Å²) in [6.45, 7) is 1.99. The van der Waals surface area contributed by atoms with Gasteiger partial charge in [-0.3, -0.25) is 0 Å². The average Bonchev–Trinajstić information content (AvgIpc) is 2.27. The van der Waals surface area contributed by atoms with Gasteiger partial charge in [-0.25, -0.2) is 4.79 Å². The fraction of sp³-hybridized carbons (Fsp3) is 0.273. The van der Waals surface area contributed by atoms with Crippen molar-refractivity contribution in [3.63, 3.8) is 0 Å². The maximum absolute atomic E-state index is 11.6. The largest absolute Gasteiger partial charge is 0.461 e. The van der Waals surface area contributed by atoms with Gasteiger partial charge in [0.15, 0.2) is 5.71 Å². The number of rotatable bonds is 4. The van der Waals surface area contributed by atoms with Gasteiger partial charge in [-0.2, -0.15) is 0 Å². The Balaban J connectivity index is 3.09.